The molecule has 0 aromatic heterocycles. The quantitative estimate of drug-likeness (QED) is 0.176. The van der Waals surface area contributed by atoms with Crippen molar-refractivity contribution < 1.29 is 0 Å². The van der Waals surface area contributed by atoms with Crippen LogP contribution in [0.4, 0.5) is 0 Å². The van der Waals surface area contributed by atoms with Crippen LogP contribution in [0.1, 0.15) is 27.8 Å². The molecule has 43 heavy (non-hydrogen) atoms. The van der Waals surface area contributed by atoms with Gasteiger partial charge in [0.15, 0.2) is 0 Å². The monoisotopic (exact) mass is 548 g/mol. The number of nitrogens with zero attached hydrogens (tertiary/aromatic N) is 1. The molecule has 2 N–H and O–H groups in total. The van der Waals surface area contributed by atoms with Crippen LogP contribution in [0.15, 0.2) is 151 Å². The molecular weight excluding hydrogens is 520 g/mol. The van der Waals surface area contributed by atoms with E-state index in [4.69, 9.17) is 5.73 Å². The Morgan fingerprint density at radius 2 is 1.19 bits per heavy atom. The summed E-state index contributed by atoms with van der Waals surface area (Å²) in [7, 11) is 0. The Kier molecular flexibility index (Phi) is 5.67. The van der Waals surface area contributed by atoms with Crippen molar-refractivity contribution in [3.63, 3.8) is 0 Å². The second kappa shape index (κ2) is 9.72. The molecule has 0 radical (unpaired) electrons. The lowest BCUT2D eigenvalue weighted by molar-refractivity contribution is 0.794. The van der Waals surface area contributed by atoms with Crippen LogP contribution in [0.5, 0.6) is 0 Å². The van der Waals surface area contributed by atoms with Gasteiger partial charge in [0.25, 0.3) is 0 Å². The highest BCUT2D eigenvalue weighted by Gasteiger charge is 2.52. The first kappa shape index (κ1) is 25.1. The Hall–Kier alpha value is -5.65. The van der Waals surface area contributed by atoms with Gasteiger partial charge < -0.3 is 5.73 Å². The summed E-state index contributed by atoms with van der Waals surface area (Å²) < 4.78 is 0. The van der Waals surface area contributed by atoms with Crippen molar-refractivity contribution in [3.05, 3.63) is 179 Å². The molecule has 8 rings (SSSR count). The molecule has 2 heteroatoms. The van der Waals surface area contributed by atoms with Crippen LogP contribution in [0.3, 0.4) is 0 Å². The first-order valence-corrected chi connectivity index (χ1v) is 14.7. The van der Waals surface area contributed by atoms with Crippen LogP contribution in [0.25, 0.3) is 44.2 Å². The van der Waals surface area contributed by atoms with E-state index in [1.807, 2.05) is 6.08 Å². The second-order valence-corrected chi connectivity index (χ2v) is 11.3. The largest absolute Gasteiger partial charge is 0.405 e. The van der Waals surface area contributed by atoms with Crippen molar-refractivity contribution in [1.29, 1.82) is 5.26 Å². The Balaban J connectivity index is 1.39. The summed E-state index contributed by atoms with van der Waals surface area (Å²) in [6.45, 7) is 0. The third kappa shape index (κ3) is 3.52. The third-order valence-corrected chi connectivity index (χ3v) is 9.23. The smallest absolute Gasteiger partial charge is 0.0988 e. The number of benzene rings is 6. The van der Waals surface area contributed by atoms with Crippen LogP contribution >= 0.6 is 0 Å². The SMILES string of the molecule is N#CC(/C=C\N)=C/Cc1ccc(-c2cc3c(c4ccccc24)-c2ccccc2C32c3ccccc3-c3ccccc32)cc1. The summed E-state index contributed by atoms with van der Waals surface area (Å²) in [6, 6.07) is 49.2. The number of allylic oxidation sites excluding steroid dienone is 3. The van der Waals surface area contributed by atoms with Crippen LogP contribution in [0.2, 0.25) is 0 Å². The van der Waals surface area contributed by atoms with Gasteiger partial charge in [-0.15, -0.1) is 0 Å². The van der Waals surface area contributed by atoms with Crippen molar-refractivity contribution in [1.82, 2.24) is 0 Å². The van der Waals surface area contributed by atoms with E-state index in [1.165, 1.54) is 72.6 Å². The summed E-state index contributed by atoms with van der Waals surface area (Å²) in [6.07, 6.45) is 5.63. The van der Waals surface area contributed by atoms with E-state index in [9.17, 15) is 5.26 Å². The maximum absolute atomic E-state index is 9.36. The first-order chi connectivity index (χ1) is 21.3. The van der Waals surface area contributed by atoms with Crippen molar-refractivity contribution in [2.45, 2.75) is 11.8 Å². The lowest BCUT2D eigenvalue weighted by Gasteiger charge is -2.31. The molecule has 2 aliphatic carbocycles. The molecule has 0 unspecified atom stereocenters. The molecule has 6 aromatic carbocycles. The number of hydrogen-bond acceptors (Lipinski definition) is 2. The zero-order chi connectivity index (χ0) is 29.0. The minimum Gasteiger partial charge on any atom is -0.405 e. The molecule has 0 saturated carbocycles. The minimum atomic E-state index is -0.382. The van der Waals surface area contributed by atoms with Gasteiger partial charge in [-0.2, -0.15) is 5.26 Å². The zero-order valence-corrected chi connectivity index (χ0v) is 23.6. The van der Waals surface area contributed by atoms with Crippen molar-refractivity contribution in [2.75, 3.05) is 0 Å². The predicted octanol–water partition coefficient (Wildman–Crippen LogP) is 9.32. The minimum absolute atomic E-state index is 0.382. The number of nitrogens with two attached hydrogens (primary N) is 1. The van der Waals surface area contributed by atoms with Gasteiger partial charge >= 0.3 is 0 Å². The van der Waals surface area contributed by atoms with Crippen LogP contribution in [0, 0.1) is 11.3 Å². The average Bonchev–Trinajstić information content (AvgIpc) is 3.54. The highest BCUT2D eigenvalue weighted by atomic mass is 14.5. The summed E-state index contributed by atoms with van der Waals surface area (Å²) in [5.41, 5.74) is 19.9. The van der Waals surface area contributed by atoms with Gasteiger partial charge in [-0.25, -0.2) is 0 Å². The Morgan fingerprint density at radius 3 is 1.81 bits per heavy atom. The number of hydrogen-bond donors (Lipinski definition) is 1. The fourth-order valence-corrected chi connectivity index (χ4v) is 7.49. The van der Waals surface area contributed by atoms with Crippen molar-refractivity contribution in [2.24, 2.45) is 5.73 Å². The van der Waals surface area contributed by atoms with E-state index in [-0.39, 0.29) is 5.41 Å². The molecule has 0 bridgehead atoms. The molecule has 0 heterocycles. The lowest BCUT2D eigenvalue weighted by Crippen LogP contribution is -2.25. The summed E-state index contributed by atoms with van der Waals surface area (Å²) in [5, 5.41) is 11.9. The summed E-state index contributed by atoms with van der Waals surface area (Å²) in [5.74, 6) is 0. The van der Waals surface area contributed by atoms with Gasteiger partial charge in [0.05, 0.1) is 11.5 Å². The maximum atomic E-state index is 9.36. The fourth-order valence-electron chi connectivity index (χ4n) is 7.49. The molecule has 0 fully saturated rings. The number of rotatable bonds is 4. The molecule has 0 amide bonds. The lowest BCUT2D eigenvalue weighted by atomic mass is 9.70. The normalized spacial score (nSPS) is 14.0. The van der Waals surface area contributed by atoms with E-state index in [0.29, 0.717) is 12.0 Å². The van der Waals surface area contributed by atoms with E-state index >= 15 is 0 Å². The second-order valence-electron chi connectivity index (χ2n) is 11.3. The number of nitriles is 1. The van der Waals surface area contributed by atoms with E-state index in [0.717, 1.165) is 5.56 Å². The van der Waals surface area contributed by atoms with Gasteiger partial charge in [-0.3, -0.25) is 0 Å². The highest BCUT2D eigenvalue weighted by Crippen LogP contribution is 2.64. The van der Waals surface area contributed by atoms with Gasteiger partial charge in [-0.1, -0.05) is 127 Å². The Morgan fingerprint density at radius 1 is 0.628 bits per heavy atom. The van der Waals surface area contributed by atoms with Crippen molar-refractivity contribution >= 4 is 10.8 Å². The third-order valence-electron chi connectivity index (χ3n) is 9.23. The van der Waals surface area contributed by atoms with E-state index in [2.05, 4.69) is 133 Å². The van der Waals surface area contributed by atoms with Crippen LogP contribution < -0.4 is 5.73 Å². The molecule has 2 aliphatic rings. The molecule has 0 saturated heterocycles. The van der Waals surface area contributed by atoms with Gasteiger partial charge in [0.1, 0.15) is 0 Å². The first-order valence-electron chi connectivity index (χ1n) is 14.7. The van der Waals surface area contributed by atoms with Gasteiger partial charge in [-0.05, 0) is 96.7 Å². The van der Waals surface area contributed by atoms with E-state index < -0.39 is 0 Å². The highest BCUT2D eigenvalue weighted by molar-refractivity contribution is 6.11. The molecule has 202 valence electrons. The predicted molar refractivity (Wildman–Crippen MR) is 176 cm³/mol. The van der Waals surface area contributed by atoms with Gasteiger partial charge in [0.2, 0.25) is 0 Å². The summed E-state index contributed by atoms with van der Waals surface area (Å²) >= 11 is 0. The Labute approximate surface area is 251 Å². The molecular formula is C41H28N2. The van der Waals surface area contributed by atoms with Gasteiger partial charge in [0, 0.05) is 5.57 Å². The topological polar surface area (TPSA) is 49.8 Å². The molecule has 0 atom stereocenters. The fraction of sp³-hybridized carbons (Fsp3) is 0.0488. The van der Waals surface area contributed by atoms with Crippen LogP contribution in [-0.2, 0) is 11.8 Å². The number of fused-ring (bicyclic) bond motifs is 12. The van der Waals surface area contributed by atoms with Crippen LogP contribution in [-0.4, -0.2) is 0 Å². The molecule has 0 aliphatic heterocycles. The Bertz CT molecular complexity index is 2130. The molecule has 2 nitrogen and oxygen atoms in total. The maximum Gasteiger partial charge on any atom is 0.0988 e. The van der Waals surface area contributed by atoms with Crippen molar-refractivity contribution in [3.8, 4) is 39.4 Å². The van der Waals surface area contributed by atoms with E-state index in [1.54, 1.807) is 6.08 Å². The standard InChI is InChI=1S/C41H28N2/c42-24-23-28(26-43)18-17-27-19-21-29(22-20-27)35-25-39-40(33-12-2-1-9-30(33)35)34-13-5-8-16-38(34)41(39)36-14-6-3-10-31(36)32-11-4-7-15-37(32)41/h1-16,18-25H,17,42H2/b24-23-,28-18+. The zero-order valence-electron chi connectivity index (χ0n) is 23.6. The molecule has 1 spiro atoms. The summed E-state index contributed by atoms with van der Waals surface area (Å²) in [4.78, 5) is 0. The molecule has 6 aromatic rings. The average molecular weight is 549 g/mol.